The van der Waals surface area contributed by atoms with Crippen LogP contribution in [0.4, 0.5) is 5.82 Å². The summed E-state index contributed by atoms with van der Waals surface area (Å²) in [6.07, 6.45) is 0. The Balaban J connectivity index is 2.25. The summed E-state index contributed by atoms with van der Waals surface area (Å²) in [6.45, 7) is 2.17. The van der Waals surface area contributed by atoms with E-state index in [0.29, 0.717) is 11.6 Å². The number of nitrogens with one attached hydrogen (secondary N) is 1. The maximum atomic E-state index is 9.07. The van der Waals surface area contributed by atoms with Gasteiger partial charge in [0.1, 0.15) is 10.8 Å². The molecule has 0 amide bonds. The zero-order valence-electron chi connectivity index (χ0n) is 11.3. The summed E-state index contributed by atoms with van der Waals surface area (Å²) in [6, 6.07) is 11.6. The molecule has 2 aromatic rings. The lowest BCUT2D eigenvalue weighted by molar-refractivity contribution is 0.250. The zero-order chi connectivity index (χ0) is 14.4. The molecule has 106 valence electrons. The first kappa shape index (κ1) is 14.8. The van der Waals surface area contributed by atoms with Crippen molar-refractivity contribution in [3.63, 3.8) is 0 Å². The van der Waals surface area contributed by atoms with E-state index in [-0.39, 0.29) is 12.5 Å². The molecule has 0 saturated heterocycles. The largest absolute Gasteiger partial charge is 0.396 e. The van der Waals surface area contributed by atoms with Crippen LogP contribution in [0.2, 0.25) is 0 Å². The van der Waals surface area contributed by atoms with Crippen molar-refractivity contribution in [1.29, 1.82) is 0 Å². The Morgan fingerprint density at radius 3 is 2.70 bits per heavy atom. The molecular weight excluding hydrogens is 272 g/mol. The SMILES string of the molecule is CC(CO)CSc1cc(NN)nc(-c2ccccc2)n1. The van der Waals surface area contributed by atoms with Crippen molar-refractivity contribution in [3.8, 4) is 11.4 Å². The third kappa shape index (κ3) is 3.93. The van der Waals surface area contributed by atoms with E-state index < -0.39 is 0 Å². The molecule has 0 radical (unpaired) electrons. The van der Waals surface area contributed by atoms with Gasteiger partial charge in [0, 0.05) is 24.0 Å². The smallest absolute Gasteiger partial charge is 0.162 e. The predicted molar refractivity (Wildman–Crippen MR) is 82.3 cm³/mol. The Morgan fingerprint density at radius 1 is 1.30 bits per heavy atom. The van der Waals surface area contributed by atoms with Gasteiger partial charge in [0.05, 0.1) is 0 Å². The molecule has 0 aliphatic carbocycles. The van der Waals surface area contributed by atoms with Crippen LogP contribution in [0.25, 0.3) is 11.4 Å². The first-order valence-electron chi connectivity index (χ1n) is 6.37. The maximum Gasteiger partial charge on any atom is 0.162 e. The fourth-order valence-corrected chi connectivity index (χ4v) is 2.48. The van der Waals surface area contributed by atoms with Crippen LogP contribution in [0, 0.1) is 5.92 Å². The minimum Gasteiger partial charge on any atom is -0.396 e. The van der Waals surface area contributed by atoms with Crippen LogP contribution in [0.3, 0.4) is 0 Å². The number of aromatic nitrogens is 2. The number of anilines is 1. The van der Waals surface area contributed by atoms with Crippen molar-refractivity contribution in [2.45, 2.75) is 11.9 Å². The lowest BCUT2D eigenvalue weighted by Gasteiger charge is -2.09. The maximum absolute atomic E-state index is 9.07. The number of hydrazine groups is 1. The molecule has 1 aromatic carbocycles. The normalized spacial score (nSPS) is 12.2. The average Bonchev–Trinajstić information content (AvgIpc) is 2.53. The van der Waals surface area contributed by atoms with Crippen LogP contribution in [0.1, 0.15) is 6.92 Å². The fraction of sp³-hybridized carbons (Fsp3) is 0.286. The van der Waals surface area contributed by atoms with Crippen molar-refractivity contribution in [2.24, 2.45) is 11.8 Å². The van der Waals surface area contributed by atoms with E-state index in [0.717, 1.165) is 16.3 Å². The molecule has 0 saturated carbocycles. The molecule has 0 spiro atoms. The highest BCUT2D eigenvalue weighted by Crippen LogP contribution is 2.24. The van der Waals surface area contributed by atoms with Crippen LogP contribution >= 0.6 is 11.8 Å². The Bertz CT molecular complexity index is 550. The molecule has 1 heterocycles. The van der Waals surface area contributed by atoms with Gasteiger partial charge in [-0.05, 0) is 5.92 Å². The average molecular weight is 290 g/mol. The number of benzene rings is 1. The predicted octanol–water partition coefficient (Wildman–Crippen LogP) is 2.15. The third-order valence-corrected chi connectivity index (χ3v) is 3.95. The lowest BCUT2D eigenvalue weighted by Crippen LogP contribution is -2.10. The first-order valence-corrected chi connectivity index (χ1v) is 7.36. The summed E-state index contributed by atoms with van der Waals surface area (Å²) >= 11 is 1.58. The van der Waals surface area contributed by atoms with E-state index in [1.54, 1.807) is 17.8 Å². The number of rotatable bonds is 6. The second kappa shape index (κ2) is 7.23. The molecule has 1 unspecified atom stereocenters. The van der Waals surface area contributed by atoms with Gasteiger partial charge < -0.3 is 10.5 Å². The Kier molecular flexibility index (Phi) is 5.34. The third-order valence-electron chi connectivity index (χ3n) is 2.71. The minimum absolute atomic E-state index is 0.172. The topological polar surface area (TPSA) is 84.1 Å². The molecule has 0 bridgehead atoms. The second-order valence-electron chi connectivity index (χ2n) is 4.52. The second-order valence-corrected chi connectivity index (χ2v) is 5.56. The quantitative estimate of drug-likeness (QED) is 0.327. The molecular formula is C14H18N4OS. The molecule has 6 heteroatoms. The number of aliphatic hydroxyl groups is 1. The Hall–Kier alpha value is -1.63. The molecule has 0 aliphatic rings. The van der Waals surface area contributed by atoms with E-state index in [4.69, 9.17) is 10.9 Å². The molecule has 5 nitrogen and oxygen atoms in total. The highest BCUT2D eigenvalue weighted by atomic mass is 32.2. The Morgan fingerprint density at radius 2 is 2.05 bits per heavy atom. The number of nitrogens with zero attached hydrogens (tertiary/aromatic N) is 2. The summed E-state index contributed by atoms with van der Waals surface area (Å²) < 4.78 is 0. The van der Waals surface area contributed by atoms with Crippen LogP contribution < -0.4 is 11.3 Å². The number of aliphatic hydroxyl groups excluding tert-OH is 1. The zero-order valence-corrected chi connectivity index (χ0v) is 12.1. The van der Waals surface area contributed by atoms with Crippen LogP contribution in [-0.4, -0.2) is 27.4 Å². The standard InChI is InChI=1S/C14H18N4OS/c1-10(8-19)9-20-13-7-12(18-15)16-14(17-13)11-5-3-2-4-6-11/h2-7,10,19H,8-9,15H2,1H3,(H,16,17,18). The molecule has 1 aromatic heterocycles. The van der Waals surface area contributed by atoms with E-state index in [1.165, 1.54) is 0 Å². The van der Waals surface area contributed by atoms with Gasteiger partial charge in [0.2, 0.25) is 0 Å². The van der Waals surface area contributed by atoms with Gasteiger partial charge in [0.15, 0.2) is 5.82 Å². The summed E-state index contributed by atoms with van der Waals surface area (Å²) in [5, 5.41) is 9.91. The van der Waals surface area contributed by atoms with E-state index in [9.17, 15) is 0 Å². The summed E-state index contributed by atoms with van der Waals surface area (Å²) in [5.41, 5.74) is 3.51. The van der Waals surface area contributed by atoms with Crippen LogP contribution in [0.15, 0.2) is 41.4 Å². The lowest BCUT2D eigenvalue weighted by atomic mass is 10.2. The fourth-order valence-electron chi connectivity index (χ4n) is 1.57. The van der Waals surface area contributed by atoms with Gasteiger partial charge in [-0.25, -0.2) is 15.8 Å². The van der Waals surface area contributed by atoms with Crippen molar-refractivity contribution in [3.05, 3.63) is 36.4 Å². The van der Waals surface area contributed by atoms with Gasteiger partial charge in [0.25, 0.3) is 0 Å². The molecule has 1 atom stereocenters. The molecule has 4 N–H and O–H groups in total. The molecule has 20 heavy (non-hydrogen) atoms. The van der Waals surface area contributed by atoms with Gasteiger partial charge in [-0.15, -0.1) is 11.8 Å². The summed E-state index contributed by atoms with van der Waals surface area (Å²) in [5.74, 6) is 7.70. The molecule has 0 fully saturated rings. The van der Waals surface area contributed by atoms with Crippen molar-refractivity contribution >= 4 is 17.6 Å². The van der Waals surface area contributed by atoms with E-state index in [2.05, 4.69) is 15.4 Å². The van der Waals surface area contributed by atoms with Crippen molar-refractivity contribution in [2.75, 3.05) is 17.8 Å². The highest BCUT2D eigenvalue weighted by Gasteiger charge is 2.08. The highest BCUT2D eigenvalue weighted by molar-refractivity contribution is 7.99. The number of hydrogen-bond acceptors (Lipinski definition) is 6. The van der Waals surface area contributed by atoms with Crippen molar-refractivity contribution < 1.29 is 5.11 Å². The van der Waals surface area contributed by atoms with Crippen LogP contribution in [-0.2, 0) is 0 Å². The monoisotopic (exact) mass is 290 g/mol. The number of nitrogens with two attached hydrogens (primary N) is 1. The Labute approximate surface area is 122 Å². The van der Waals surface area contributed by atoms with E-state index >= 15 is 0 Å². The number of hydrogen-bond donors (Lipinski definition) is 3. The summed E-state index contributed by atoms with van der Waals surface area (Å²) in [4.78, 5) is 8.89. The van der Waals surface area contributed by atoms with Gasteiger partial charge in [-0.1, -0.05) is 37.3 Å². The number of nitrogen functional groups attached to an aromatic ring is 1. The van der Waals surface area contributed by atoms with Gasteiger partial charge in [-0.3, -0.25) is 0 Å². The van der Waals surface area contributed by atoms with E-state index in [1.807, 2.05) is 37.3 Å². The molecule has 0 aliphatic heterocycles. The van der Waals surface area contributed by atoms with Crippen LogP contribution in [0.5, 0.6) is 0 Å². The number of thioether (sulfide) groups is 1. The molecule has 2 rings (SSSR count). The minimum atomic E-state index is 0.172. The first-order chi connectivity index (χ1) is 9.72. The van der Waals surface area contributed by atoms with Gasteiger partial charge in [-0.2, -0.15) is 0 Å². The van der Waals surface area contributed by atoms with Crippen molar-refractivity contribution in [1.82, 2.24) is 9.97 Å². The summed E-state index contributed by atoms with van der Waals surface area (Å²) in [7, 11) is 0. The van der Waals surface area contributed by atoms with Gasteiger partial charge >= 0.3 is 0 Å².